The number of aliphatic hydroxyl groups is 1. The van der Waals surface area contributed by atoms with Crippen molar-refractivity contribution < 1.29 is 14.7 Å². The molecule has 0 aromatic heterocycles. The van der Waals surface area contributed by atoms with Crippen molar-refractivity contribution in [2.75, 3.05) is 13.6 Å². The SMILES string of the molecule is CC.CC=C=O.CCC(=O)/C(C)=C(\C)N.CCCCCCCCCC(O)CN.CN. The van der Waals surface area contributed by atoms with Gasteiger partial charge in [0.25, 0.3) is 0 Å². The van der Waals surface area contributed by atoms with Gasteiger partial charge in [0, 0.05) is 24.2 Å². The minimum Gasteiger partial charge on any atom is -0.402 e. The molecule has 0 bridgehead atoms. The number of hydrogen-bond donors (Lipinski definition) is 4. The second-order valence-corrected chi connectivity index (χ2v) is 6.29. The highest BCUT2D eigenvalue weighted by Gasteiger charge is 2.01. The van der Waals surface area contributed by atoms with Gasteiger partial charge in [-0.05, 0) is 40.3 Å². The number of hydrogen-bond acceptors (Lipinski definition) is 6. The third-order valence-corrected chi connectivity index (χ3v) is 3.86. The number of unbranched alkanes of at least 4 members (excludes halogenated alkanes) is 6. The Balaban J connectivity index is -0.000000106. The molecule has 1 atom stereocenters. The zero-order chi connectivity index (χ0) is 24.8. The van der Waals surface area contributed by atoms with Gasteiger partial charge in [-0.1, -0.05) is 72.6 Å². The lowest BCUT2D eigenvalue weighted by atomic mass is 10.1. The minimum absolute atomic E-state index is 0.134. The van der Waals surface area contributed by atoms with Gasteiger partial charge in [0.2, 0.25) is 0 Å². The molecule has 0 radical (unpaired) electrons. The van der Waals surface area contributed by atoms with Crippen LogP contribution in [0.1, 0.15) is 106 Å². The van der Waals surface area contributed by atoms with E-state index >= 15 is 0 Å². The van der Waals surface area contributed by atoms with Crippen molar-refractivity contribution in [1.29, 1.82) is 0 Å². The summed E-state index contributed by atoms with van der Waals surface area (Å²) in [5.74, 6) is 1.69. The van der Waals surface area contributed by atoms with Crippen molar-refractivity contribution in [3.8, 4) is 0 Å². The van der Waals surface area contributed by atoms with E-state index < -0.39 is 0 Å². The molecule has 0 amide bonds. The van der Waals surface area contributed by atoms with E-state index in [1.165, 1.54) is 51.6 Å². The lowest BCUT2D eigenvalue weighted by Crippen LogP contribution is -2.19. The van der Waals surface area contributed by atoms with Crippen LogP contribution in [0.4, 0.5) is 0 Å². The van der Waals surface area contributed by atoms with Crippen molar-refractivity contribution in [2.45, 2.75) is 112 Å². The Hall–Kier alpha value is -1.46. The van der Waals surface area contributed by atoms with Crippen LogP contribution < -0.4 is 17.2 Å². The van der Waals surface area contributed by atoms with Crippen LogP contribution >= 0.6 is 0 Å². The van der Waals surface area contributed by atoms with E-state index in [0.717, 1.165) is 12.8 Å². The Morgan fingerprint density at radius 1 is 1.00 bits per heavy atom. The molecule has 0 aromatic rings. The van der Waals surface area contributed by atoms with Crippen molar-refractivity contribution in [3.05, 3.63) is 17.3 Å². The van der Waals surface area contributed by atoms with E-state index in [4.69, 9.17) is 16.3 Å². The second kappa shape index (κ2) is 38.2. The van der Waals surface area contributed by atoms with Crippen LogP contribution in [0.2, 0.25) is 0 Å². The Kier molecular flexibility index (Phi) is 49.7. The van der Waals surface area contributed by atoms with E-state index in [-0.39, 0.29) is 11.9 Å². The molecule has 0 spiro atoms. The smallest absolute Gasteiger partial charge is 0.160 e. The molecule has 6 nitrogen and oxygen atoms in total. The highest BCUT2D eigenvalue weighted by molar-refractivity contribution is 5.94. The topological polar surface area (TPSA) is 132 Å². The lowest BCUT2D eigenvalue weighted by Gasteiger charge is -2.06. The summed E-state index contributed by atoms with van der Waals surface area (Å²) in [7, 11) is 1.50. The van der Waals surface area contributed by atoms with Crippen LogP contribution in [0.5, 0.6) is 0 Å². The standard InChI is InChI=1S/C11H25NO.C7H13NO.C3H4O.C2H6.CH5N/c1-2-3-4-5-6-7-8-9-11(13)10-12;1-4-7(9)5(2)6(3)8;1-2-3-4;2*1-2/h11,13H,2-10,12H2,1H3;4,8H2,1-3H3;2H,1H3;1-2H3;2H2,1H3/b;6-5+;;;. The molecular formula is C24H53N3O3. The molecule has 7 N–H and O–H groups in total. The summed E-state index contributed by atoms with van der Waals surface area (Å²) in [4.78, 5) is 19.8. The molecule has 0 heterocycles. The number of carbonyl (C=O) groups excluding carboxylic acids is 2. The van der Waals surface area contributed by atoms with Gasteiger partial charge in [-0.3, -0.25) is 4.79 Å². The van der Waals surface area contributed by atoms with E-state index in [1.807, 2.05) is 20.8 Å². The maximum absolute atomic E-state index is 10.8. The predicted octanol–water partition coefficient (Wildman–Crippen LogP) is 4.66. The van der Waals surface area contributed by atoms with E-state index in [0.29, 0.717) is 24.2 Å². The molecule has 0 aromatic carbocycles. The quantitative estimate of drug-likeness (QED) is 0.214. The maximum Gasteiger partial charge on any atom is 0.160 e. The van der Waals surface area contributed by atoms with Crippen LogP contribution in [-0.4, -0.2) is 36.5 Å². The molecule has 1 unspecified atom stereocenters. The minimum atomic E-state index is -0.268. The van der Waals surface area contributed by atoms with Gasteiger partial charge in [0.05, 0.1) is 6.10 Å². The Morgan fingerprint density at radius 3 is 1.67 bits per heavy atom. The van der Waals surface area contributed by atoms with Crippen LogP contribution in [-0.2, 0) is 9.59 Å². The zero-order valence-corrected chi connectivity index (χ0v) is 21.2. The molecule has 6 heteroatoms. The predicted molar refractivity (Wildman–Crippen MR) is 133 cm³/mol. The average molecular weight is 432 g/mol. The maximum atomic E-state index is 10.8. The molecule has 0 aliphatic carbocycles. The van der Waals surface area contributed by atoms with Gasteiger partial charge in [-0.15, -0.1) is 0 Å². The number of ketones is 1. The first-order chi connectivity index (χ1) is 14.3. The Labute approximate surface area is 187 Å². The van der Waals surface area contributed by atoms with Gasteiger partial charge in [-0.2, -0.15) is 0 Å². The van der Waals surface area contributed by atoms with Crippen LogP contribution in [0.15, 0.2) is 17.3 Å². The molecule has 0 saturated carbocycles. The summed E-state index contributed by atoms with van der Waals surface area (Å²) < 4.78 is 0. The summed E-state index contributed by atoms with van der Waals surface area (Å²) >= 11 is 0. The summed E-state index contributed by atoms with van der Waals surface area (Å²) in [6.07, 6.45) is 11.6. The lowest BCUT2D eigenvalue weighted by molar-refractivity contribution is -0.115. The molecule has 0 saturated heterocycles. The first-order valence-corrected chi connectivity index (χ1v) is 11.4. The third kappa shape index (κ3) is 41.0. The average Bonchev–Trinajstić information content (AvgIpc) is 2.80. The molecule has 182 valence electrons. The second-order valence-electron chi connectivity index (χ2n) is 6.29. The van der Waals surface area contributed by atoms with Crippen molar-refractivity contribution in [3.63, 3.8) is 0 Å². The van der Waals surface area contributed by atoms with Gasteiger partial charge in [0.15, 0.2) is 5.78 Å². The van der Waals surface area contributed by atoms with Gasteiger partial charge in [-0.25, -0.2) is 4.79 Å². The third-order valence-electron chi connectivity index (χ3n) is 3.86. The normalized spacial score (nSPS) is 10.5. The monoisotopic (exact) mass is 431 g/mol. The first-order valence-electron chi connectivity index (χ1n) is 11.4. The molecule has 30 heavy (non-hydrogen) atoms. The molecule has 0 aliphatic rings. The van der Waals surface area contributed by atoms with Gasteiger partial charge >= 0.3 is 0 Å². The summed E-state index contributed by atoms with van der Waals surface area (Å²) in [6.45, 7) is 13.6. The summed E-state index contributed by atoms with van der Waals surface area (Å²) in [5, 5.41) is 9.17. The Morgan fingerprint density at radius 2 is 1.40 bits per heavy atom. The molecule has 0 rings (SSSR count). The molecular weight excluding hydrogens is 378 g/mol. The number of Topliss-reactive ketones (excluding diaryl/α,β-unsaturated/α-hetero) is 1. The molecule has 0 aliphatic heterocycles. The fraction of sp³-hybridized carbons (Fsp3) is 0.792. The van der Waals surface area contributed by atoms with E-state index in [2.05, 4.69) is 12.7 Å². The number of rotatable bonds is 11. The van der Waals surface area contributed by atoms with Crippen LogP contribution in [0.25, 0.3) is 0 Å². The fourth-order valence-corrected chi connectivity index (χ4v) is 1.94. The van der Waals surface area contributed by atoms with Crippen molar-refractivity contribution in [2.24, 2.45) is 17.2 Å². The highest BCUT2D eigenvalue weighted by Crippen LogP contribution is 2.09. The van der Waals surface area contributed by atoms with Crippen LogP contribution in [0, 0.1) is 0 Å². The summed E-state index contributed by atoms with van der Waals surface area (Å²) in [5.41, 5.74) is 16.5. The van der Waals surface area contributed by atoms with E-state index in [1.54, 1.807) is 26.7 Å². The van der Waals surface area contributed by atoms with Gasteiger partial charge in [0.1, 0.15) is 5.94 Å². The number of aliphatic hydroxyl groups excluding tert-OH is 1. The van der Waals surface area contributed by atoms with Crippen molar-refractivity contribution in [1.82, 2.24) is 0 Å². The largest absolute Gasteiger partial charge is 0.402 e. The van der Waals surface area contributed by atoms with Crippen molar-refractivity contribution >= 4 is 11.7 Å². The first kappa shape index (κ1) is 39.1. The van der Waals surface area contributed by atoms with Gasteiger partial charge < -0.3 is 22.3 Å². The number of allylic oxidation sites excluding steroid dienone is 3. The van der Waals surface area contributed by atoms with Crippen LogP contribution in [0.3, 0.4) is 0 Å². The number of nitrogens with two attached hydrogens (primary N) is 3. The van der Waals surface area contributed by atoms with E-state index in [9.17, 15) is 9.90 Å². The zero-order valence-electron chi connectivity index (χ0n) is 21.2. The Bertz CT molecular complexity index is 401. The fourth-order valence-electron chi connectivity index (χ4n) is 1.94. The molecule has 0 fully saturated rings. The highest BCUT2D eigenvalue weighted by atomic mass is 16.3. The number of carbonyl (C=O) groups is 1. The summed E-state index contributed by atoms with van der Waals surface area (Å²) in [6, 6.07) is 0.